The topological polar surface area (TPSA) is 65.1 Å². The van der Waals surface area contributed by atoms with E-state index < -0.39 is 6.36 Å². The third-order valence-electron chi connectivity index (χ3n) is 2.28. The Morgan fingerprint density at radius 2 is 2.10 bits per heavy atom. The van der Waals surface area contributed by atoms with Gasteiger partial charge in [-0.15, -0.1) is 13.2 Å². The predicted molar refractivity (Wildman–Crippen MR) is 71.7 cm³/mol. The van der Waals surface area contributed by atoms with E-state index in [1.807, 2.05) is 0 Å². The molecule has 20 heavy (non-hydrogen) atoms. The minimum absolute atomic E-state index is 0.107. The molecule has 5 nitrogen and oxygen atoms in total. The van der Waals surface area contributed by atoms with Crippen molar-refractivity contribution in [3.05, 3.63) is 28.9 Å². The smallest absolute Gasteiger partial charge is 0.404 e. The van der Waals surface area contributed by atoms with Crippen molar-refractivity contribution in [2.45, 2.75) is 6.36 Å². The summed E-state index contributed by atoms with van der Waals surface area (Å²) < 4.78 is 43.0. The van der Waals surface area contributed by atoms with Crippen LogP contribution in [0.3, 0.4) is 0 Å². The molecular weight excluding hydrogens is 341 g/mol. The number of nitrogens with zero attached hydrogens (tertiary/aromatic N) is 2. The van der Waals surface area contributed by atoms with Crippen LogP contribution >= 0.6 is 15.9 Å². The minimum Gasteiger partial charge on any atom is -0.404 e. The van der Waals surface area contributed by atoms with Gasteiger partial charge in [-0.3, -0.25) is 4.68 Å². The van der Waals surface area contributed by atoms with Crippen LogP contribution in [0.4, 0.5) is 30.4 Å². The molecule has 0 aliphatic heterocycles. The van der Waals surface area contributed by atoms with Crippen LogP contribution in [-0.2, 0) is 7.05 Å². The number of halogens is 4. The fourth-order valence-electron chi connectivity index (χ4n) is 1.54. The number of alkyl halides is 3. The molecule has 0 saturated carbocycles. The summed E-state index contributed by atoms with van der Waals surface area (Å²) in [6.45, 7) is 0. The second-order valence-electron chi connectivity index (χ2n) is 3.92. The molecule has 0 amide bonds. The van der Waals surface area contributed by atoms with Crippen LogP contribution in [0, 0.1) is 0 Å². The summed E-state index contributed by atoms with van der Waals surface area (Å²) in [5.41, 5.74) is 6.10. The van der Waals surface area contributed by atoms with E-state index in [9.17, 15) is 13.2 Å². The number of rotatable bonds is 3. The van der Waals surface area contributed by atoms with E-state index in [4.69, 9.17) is 5.73 Å². The number of benzene rings is 1. The van der Waals surface area contributed by atoms with Crippen molar-refractivity contribution in [1.82, 2.24) is 9.78 Å². The number of nitrogens with one attached hydrogen (secondary N) is 1. The molecule has 0 radical (unpaired) electrons. The van der Waals surface area contributed by atoms with E-state index in [0.29, 0.717) is 10.2 Å². The van der Waals surface area contributed by atoms with Gasteiger partial charge in [0.15, 0.2) is 11.6 Å². The highest BCUT2D eigenvalue weighted by Gasteiger charge is 2.32. The standard InChI is InChI=1S/C11H10BrF3N4O/c1-19-5-7(16)10(18-19)17-8-3-2-6(12)4-9(8)20-11(13,14)15/h2-5H,16H2,1H3,(H,17,18). The Morgan fingerprint density at radius 1 is 1.40 bits per heavy atom. The molecule has 1 aromatic carbocycles. The van der Waals surface area contributed by atoms with E-state index in [-0.39, 0.29) is 17.3 Å². The number of hydrogen-bond donors (Lipinski definition) is 2. The van der Waals surface area contributed by atoms with E-state index in [0.717, 1.165) is 0 Å². The molecule has 0 aliphatic rings. The van der Waals surface area contributed by atoms with E-state index in [1.54, 1.807) is 13.1 Å². The lowest BCUT2D eigenvalue weighted by atomic mass is 10.3. The molecule has 0 saturated heterocycles. The molecule has 1 heterocycles. The van der Waals surface area contributed by atoms with Gasteiger partial charge in [0.1, 0.15) is 0 Å². The van der Waals surface area contributed by atoms with Crippen LogP contribution in [0.1, 0.15) is 0 Å². The first-order valence-electron chi connectivity index (χ1n) is 5.36. The number of nitrogen functional groups attached to an aromatic ring is 1. The van der Waals surface area contributed by atoms with Crippen molar-refractivity contribution in [3.63, 3.8) is 0 Å². The summed E-state index contributed by atoms with van der Waals surface area (Å²) in [5.74, 6) is -0.126. The van der Waals surface area contributed by atoms with Crippen LogP contribution in [-0.4, -0.2) is 16.1 Å². The fourth-order valence-corrected chi connectivity index (χ4v) is 1.88. The first-order chi connectivity index (χ1) is 9.24. The highest BCUT2D eigenvalue weighted by molar-refractivity contribution is 9.10. The summed E-state index contributed by atoms with van der Waals surface area (Å²) in [7, 11) is 1.65. The van der Waals surface area contributed by atoms with Crippen molar-refractivity contribution in [2.75, 3.05) is 11.1 Å². The van der Waals surface area contributed by atoms with E-state index in [1.165, 1.54) is 23.0 Å². The molecule has 2 aromatic rings. The first kappa shape index (κ1) is 14.5. The zero-order valence-corrected chi connectivity index (χ0v) is 11.8. The van der Waals surface area contributed by atoms with Crippen molar-refractivity contribution in [1.29, 1.82) is 0 Å². The maximum Gasteiger partial charge on any atom is 0.573 e. The number of ether oxygens (including phenoxy) is 1. The lowest BCUT2D eigenvalue weighted by molar-refractivity contribution is -0.274. The average Bonchev–Trinajstić information content (AvgIpc) is 2.59. The zero-order chi connectivity index (χ0) is 14.9. The molecule has 108 valence electrons. The molecule has 2 rings (SSSR count). The Hall–Kier alpha value is -1.90. The third kappa shape index (κ3) is 3.56. The van der Waals surface area contributed by atoms with Gasteiger partial charge in [0.25, 0.3) is 0 Å². The average molecular weight is 351 g/mol. The maximum atomic E-state index is 12.4. The van der Waals surface area contributed by atoms with Gasteiger partial charge >= 0.3 is 6.36 Å². The summed E-state index contributed by atoms with van der Waals surface area (Å²) in [6.07, 6.45) is -3.25. The molecule has 0 atom stereocenters. The Labute approximate surface area is 120 Å². The molecule has 0 spiro atoms. The Bertz CT molecular complexity index is 627. The number of aromatic nitrogens is 2. The molecule has 0 aliphatic carbocycles. The number of hydrogen-bond acceptors (Lipinski definition) is 4. The van der Waals surface area contributed by atoms with E-state index in [2.05, 4.69) is 31.1 Å². The molecule has 9 heteroatoms. The van der Waals surface area contributed by atoms with Gasteiger partial charge in [-0.2, -0.15) is 5.10 Å². The second kappa shape index (κ2) is 5.23. The van der Waals surface area contributed by atoms with Gasteiger partial charge in [0, 0.05) is 17.7 Å². The highest BCUT2D eigenvalue weighted by Crippen LogP contribution is 2.35. The fraction of sp³-hybridized carbons (Fsp3) is 0.182. The normalized spacial score (nSPS) is 11.4. The minimum atomic E-state index is -4.78. The lowest BCUT2D eigenvalue weighted by Crippen LogP contribution is -2.18. The number of anilines is 3. The van der Waals surface area contributed by atoms with Gasteiger partial charge in [0.05, 0.1) is 11.4 Å². The molecule has 0 bridgehead atoms. The first-order valence-corrected chi connectivity index (χ1v) is 6.15. The molecule has 0 fully saturated rings. The van der Waals surface area contributed by atoms with Gasteiger partial charge in [0.2, 0.25) is 0 Å². The third-order valence-corrected chi connectivity index (χ3v) is 2.77. The van der Waals surface area contributed by atoms with Crippen LogP contribution in [0.25, 0.3) is 0 Å². The van der Waals surface area contributed by atoms with Gasteiger partial charge in [-0.05, 0) is 18.2 Å². The number of nitrogens with two attached hydrogens (primary N) is 1. The zero-order valence-electron chi connectivity index (χ0n) is 10.2. The maximum absolute atomic E-state index is 12.4. The van der Waals surface area contributed by atoms with Crippen LogP contribution in [0.5, 0.6) is 5.75 Å². The van der Waals surface area contributed by atoms with Crippen LogP contribution < -0.4 is 15.8 Å². The summed E-state index contributed by atoms with van der Waals surface area (Å²) in [6, 6.07) is 4.21. The Balaban J connectivity index is 2.33. The van der Waals surface area contributed by atoms with Crippen molar-refractivity contribution < 1.29 is 17.9 Å². The van der Waals surface area contributed by atoms with Gasteiger partial charge in [-0.1, -0.05) is 15.9 Å². The summed E-state index contributed by atoms with van der Waals surface area (Å²) >= 11 is 3.09. The number of aryl methyl sites for hydroxylation is 1. The largest absolute Gasteiger partial charge is 0.573 e. The molecular formula is C11H10BrF3N4O. The SMILES string of the molecule is Cn1cc(N)c(Nc2ccc(Br)cc2OC(F)(F)F)n1. The molecule has 0 unspecified atom stereocenters. The van der Waals surface area contributed by atoms with Crippen molar-refractivity contribution in [3.8, 4) is 5.75 Å². The van der Waals surface area contributed by atoms with Gasteiger partial charge in [-0.25, -0.2) is 0 Å². The summed E-state index contributed by atoms with van der Waals surface area (Å²) in [4.78, 5) is 0. The predicted octanol–water partition coefficient (Wildman–Crippen LogP) is 3.41. The molecule has 1 aromatic heterocycles. The van der Waals surface area contributed by atoms with Crippen molar-refractivity contribution >= 4 is 33.1 Å². The molecule has 3 N–H and O–H groups in total. The Kier molecular flexibility index (Phi) is 3.80. The second-order valence-corrected chi connectivity index (χ2v) is 4.84. The van der Waals surface area contributed by atoms with Gasteiger partial charge < -0.3 is 15.8 Å². The monoisotopic (exact) mass is 350 g/mol. The highest BCUT2D eigenvalue weighted by atomic mass is 79.9. The van der Waals surface area contributed by atoms with Crippen molar-refractivity contribution in [2.24, 2.45) is 7.05 Å². The van der Waals surface area contributed by atoms with E-state index >= 15 is 0 Å². The Morgan fingerprint density at radius 3 is 2.65 bits per heavy atom. The van der Waals surface area contributed by atoms with Crippen LogP contribution in [0.2, 0.25) is 0 Å². The van der Waals surface area contributed by atoms with Crippen LogP contribution in [0.15, 0.2) is 28.9 Å². The quantitative estimate of drug-likeness (QED) is 0.890. The lowest BCUT2D eigenvalue weighted by Gasteiger charge is -2.14. The summed E-state index contributed by atoms with van der Waals surface area (Å²) in [5, 5.41) is 6.71.